The van der Waals surface area contributed by atoms with Gasteiger partial charge in [-0.1, -0.05) is 13.8 Å². The number of hydrogen-bond acceptors (Lipinski definition) is 5. The van der Waals surface area contributed by atoms with Crippen molar-refractivity contribution >= 4 is 23.5 Å². The number of carboxylic acid groups (broad SMARTS) is 1. The van der Waals surface area contributed by atoms with Crippen LogP contribution in [0.15, 0.2) is 18.2 Å². The summed E-state index contributed by atoms with van der Waals surface area (Å²) in [7, 11) is 0. The zero-order valence-corrected chi connectivity index (χ0v) is 16.2. The highest BCUT2D eigenvalue weighted by Crippen LogP contribution is 2.36. The molecule has 1 aromatic carbocycles. The molecular weight excluding hydrogens is 364 g/mol. The van der Waals surface area contributed by atoms with Crippen molar-refractivity contribution in [2.45, 2.75) is 33.1 Å². The van der Waals surface area contributed by atoms with Gasteiger partial charge in [0.05, 0.1) is 11.3 Å². The molecular formula is C20H26N2O6. The van der Waals surface area contributed by atoms with Gasteiger partial charge in [0.25, 0.3) is 0 Å². The van der Waals surface area contributed by atoms with E-state index in [4.69, 9.17) is 9.47 Å². The first-order valence-electron chi connectivity index (χ1n) is 9.61. The molecule has 28 heavy (non-hydrogen) atoms. The Balaban J connectivity index is 1.65. The van der Waals surface area contributed by atoms with Gasteiger partial charge in [-0.05, 0) is 25.0 Å². The van der Waals surface area contributed by atoms with Gasteiger partial charge in [-0.15, -0.1) is 0 Å². The largest absolute Gasteiger partial charge is 0.486 e. The van der Waals surface area contributed by atoms with Gasteiger partial charge in [-0.3, -0.25) is 14.4 Å². The van der Waals surface area contributed by atoms with E-state index in [9.17, 15) is 19.5 Å². The molecule has 1 aromatic rings. The van der Waals surface area contributed by atoms with Crippen LogP contribution in [0.1, 0.15) is 33.1 Å². The molecule has 2 amide bonds. The summed E-state index contributed by atoms with van der Waals surface area (Å²) in [5, 5.41) is 12.2. The smallest absolute Gasteiger partial charge is 0.311 e. The van der Waals surface area contributed by atoms with Crippen LogP contribution in [0.25, 0.3) is 0 Å². The first-order valence-corrected chi connectivity index (χ1v) is 9.61. The summed E-state index contributed by atoms with van der Waals surface area (Å²) in [6.45, 7) is 4.85. The third-order valence-corrected chi connectivity index (χ3v) is 5.74. The maximum atomic E-state index is 12.6. The van der Waals surface area contributed by atoms with Crippen molar-refractivity contribution < 1.29 is 29.0 Å². The van der Waals surface area contributed by atoms with Gasteiger partial charge in [-0.2, -0.15) is 0 Å². The molecule has 0 spiro atoms. The number of amides is 2. The Morgan fingerprint density at radius 2 is 1.89 bits per heavy atom. The average Bonchev–Trinajstić information content (AvgIpc) is 3.10. The van der Waals surface area contributed by atoms with Gasteiger partial charge in [0.1, 0.15) is 13.2 Å². The molecule has 2 aliphatic rings. The number of nitrogens with one attached hydrogen (secondary N) is 1. The van der Waals surface area contributed by atoms with Crippen LogP contribution in [0.2, 0.25) is 0 Å². The summed E-state index contributed by atoms with van der Waals surface area (Å²) in [6.07, 6.45) is 0.941. The second kappa shape index (κ2) is 8.08. The Labute approximate surface area is 163 Å². The number of aliphatic carboxylic acids is 1. The van der Waals surface area contributed by atoms with E-state index < -0.39 is 17.3 Å². The van der Waals surface area contributed by atoms with Crippen LogP contribution in [-0.2, 0) is 14.4 Å². The number of nitrogens with zero attached hydrogens (tertiary/aromatic N) is 1. The van der Waals surface area contributed by atoms with Gasteiger partial charge in [-0.25, -0.2) is 0 Å². The molecule has 1 unspecified atom stereocenters. The van der Waals surface area contributed by atoms with E-state index in [1.165, 1.54) is 0 Å². The number of carbonyl (C=O) groups excluding carboxylic acids is 2. The normalized spacial score (nSPS) is 18.9. The van der Waals surface area contributed by atoms with E-state index >= 15 is 0 Å². The minimum Gasteiger partial charge on any atom is -0.486 e. The summed E-state index contributed by atoms with van der Waals surface area (Å²) in [6, 6.07) is 5.28. The quantitative estimate of drug-likeness (QED) is 0.736. The van der Waals surface area contributed by atoms with E-state index in [1.54, 1.807) is 36.9 Å². The van der Waals surface area contributed by atoms with Crippen LogP contribution >= 0.6 is 0 Å². The molecule has 1 saturated heterocycles. The van der Waals surface area contributed by atoms with Crippen LogP contribution in [-0.4, -0.2) is 49.2 Å². The monoisotopic (exact) mass is 390 g/mol. The number of ether oxygens (including phenoxy) is 2. The Hall–Kier alpha value is -2.77. The average molecular weight is 390 g/mol. The Bertz CT molecular complexity index is 774. The van der Waals surface area contributed by atoms with E-state index in [2.05, 4.69) is 5.32 Å². The Kier molecular flexibility index (Phi) is 5.76. The number of carbonyl (C=O) groups is 3. The van der Waals surface area contributed by atoms with E-state index in [1.807, 2.05) is 0 Å². The Morgan fingerprint density at radius 3 is 2.54 bits per heavy atom. The number of benzene rings is 1. The molecule has 1 atom stereocenters. The molecule has 8 nitrogen and oxygen atoms in total. The highest BCUT2D eigenvalue weighted by atomic mass is 16.6. The van der Waals surface area contributed by atoms with Crippen molar-refractivity contribution in [3.05, 3.63) is 18.2 Å². The lowest BCUT2D eigenvalue weighted by Gasteiger charge is -2.27. The zero-order valence-electron chi connectivity index (χ0n) is 16.2. The van der Waals surface area contributed by atoms with E-state index in [0.29, 0.717) is 43.2 Å². The van der Waals surface area contributed by atoms with Crippen molar-refractivity contribution in [3.63, 3.8) is 0 Å². The van der Waals surface area contributed by atoms with Gasteiger partial charge < -0.3 is 24.8 Å². The fourth-order valence-electron chi connectivity index (χ4n) is 3.61. The number of carboxylic acids is 1. The molecule has 0 radical (unpaired) electrons. The van der Waals surface area contributed by atoms with Crippen LogP contribution in [0.3, 0.4) is 0 Å². The van der Waals surface area contributed by atoms with Crippen LogP contribution in [0, 0.1) is 11.3 Å². The first kappa shape index (κ1) is 20.0. The SMILES string of the molecule is CCC(CC)(CNC(=O)C1CC(=O)N(c2ccc3c(c2)OCCO3)C1)C(=O)O. The fraction of sp³-hybridized carbons (Fsp3) is 0.550. The van der Waals surface area contributed by atoms with E-state index in [0.717, 1.165) is 0 Å². The second-order valence-electron chi connectivity index (χ2n) is 7.24. The van der Waals surface area contributed by atoms with Crippen molar-refractivity contribution in [1.29, 1.82) is 0 Å². The maximum Gasteiger partial charge on any atom is 0.311 e. The lowest BCUT2D eigenvalue weighted by atomic mass is 9.82. The topological polar surface area (TPSA) is 105 Å². The molecule has 0 saturated carbocycles. The zero-order chi connectivity index (χ0) is 20.3. The summed E-state index contributed by atoms with van der Waals surface area (Å²) in [5.74, 6) is -0.644. The minimum absolute atomic E-state index is 0.0584. The molecule has 3 rings (SSSR count). The summed E-state index contributed by atoms with van der Waals surface area (Å²) < 4.78 is 11.0. The van der Waals surface area contributed by atoms with E-state index in [-0.39, 0.29) is 31.3 Å². The van der Waals surface area contributed by atoms with Gasteiger partial charge in [0.15, 0.2) is 11.5 Å². The van der Waals surface area contributed by atoms with Gasteiger partial charge >= 0.3 is 5.97 Å². The van der Waals surface area contributed by atoms with Crippen molar-refractivity contribution in [2.24, 2.45) is 11.3 Å². The Morgan fingerprint density at radius 1 is 1.21 bits per heavy atom. The summed E-state index contributed by atoms with van der Waals surface area (Å²) in [5.41, 5.74) is -0.320. The summed E-state index contributed by atoms with van der Waals surface area (Å²) >= 11 is 0. The molecule has 2 aliphatic heterocycles. The van der Waals surface area contributed by atoms with Crippen LogP contribution in [0.4, 0.5) is 5.69 Å². The van der Waals surface area contributed by atoms with Gasteiger partial charge in [0.2, 0.25) is 11.8 Å². The second-order valence-corrected chi connectivity index (χ2v) is 7.24. The van der Waals surface area contributed by atoms with Crippen LogP contribution in [0.5, 0.6) is 11.5 Å². The fourth-order valence-corrected chi connectivity index (χ4v) is 3.61. The predicted octanol–water partition coefficient (Wildman–Crippen LogP) is 1.82. The third-order valence-electron chi connectivity index (χ3n) is 5.74. The minimum atomic E-state index is -0.978. The van der Waals surface area contributed by atoms with Crippen molar-refractivity contribution in [1.82, 2.24) is 5.32 Å². The molecule has 2 heterocycles. The van der Waals surface area contributed by atoms with Crippen molar-refractivity contribution in [3.8, 4) is 11.5 Å². The maximum absolute atomic E-state index is 12.6. The molecule has 152 valence electrons. The van der Waals surface area contributed by atoms with Crippen LogP contribution < -0.4 is 19.7 Å². The molecule has 2 N–H and O–H groups in total. The predicted molar refractivity (Wildman–Crippen MR) is 102 cm³/mol. The summed E-state index contributed by atoms with van der Waals surface area (Å²) in [4.78, 5) is 38.2. The highest BCUT2D eigenvalue weighted by Gasteiger charge is 2.39. The molecule has 1 fully saturated rings. The van der Waals surface area contributed by atoms with Crippen molar-refractivity contribution in [2.75, 3.05) is 31.2 Å². The molecule has 0 aliphatic carbocycles. The highest BCUT2D eigenvalue weighted by molar-refractivity contribution is 6.00. The number of rotatable bonds is 7. The third kappa shape index (κ3) is 3.76. The lowest BCUT2D eigenvalue weighted by molar-refractivity contribution is -0.149. The molecule has 8 heteroatoms. The first-order chi connectivity index (χ1) is 13.4. The molecule has 0 bridgehead atoms. The standard InChI is InChI=1S/C20H26N2O6/c1-3-20(4-2,19(25)26)12-21-18(24)13-9-17(23)22(11-13)14-5-6-15-16(10-14)28-8-7-27-15/h5-6,10,13H,3-4,7-9,11-12H2,1-2H3,(H,21,24)(H,25,26). The lowest BCUT2D eigenvalue weighted by Crippen LogP contribution is -2.44. The molecule has 0 aromatic heterocycles. The number of hydrogen-bond donors (Lipinski definition) is 2. The number of fused-ring (bicyclic) bond motifs is 1. The number of anilines is 1. The van der Waals surface area contributed by atoms with Gasteiger partial charge in [0, 0.05) is 31.3 Å².